The summed E-state index contributed by atoms with van der Waals surface area (Å²) in [6, 6.07) is 7.31. The van der Waals surface area contributed by atoms with Crippen molar-refractivity contribution < 1.29 is 24.0 Å². The first-order valence-electron chi connectivity index (χ1n) is 12.1. The molecule has 1 aromatic carbocycles. The Bertz CT molecular complexity index is 897. The average molecular weight is 519 g/mol. The molecule has 0 fully saturated rings. The highest BCUT2D eigenvalue weighted by molar-refractivity contribution is 6.37. The first-order valence-corrected chi connectivity index (χ1v) is 12.1. The molecule has 0 aromatic heterocycles. The molecule has 1 atom stereocenters. The van der Waals surface area contributed by atoms with E-state index < -0.39 is 42.0 Å². The molecule has 11 heteroatoms. The van der Waals surface area contributed by atoms with Gasteiger partial charge in [-0.1, -0.05) is 59.2 Å². The summed E-state index contributed by atoms with van der Waals surface area (Å²) in [5.74, 6) is -2.73. The van der Waals surface area contributed by atoms with E-state index in [9.17, 15) is 24.0 Å². The van der Waals surface area contributed by atoms with Crippen molar-refractivity contribution in [3.05, 3.63) is 47.7 Å². The van der Waals surface area contributed by atoms with Crippen molar-refractivity contribution in [3.63, 3.8) is 0 Å². The van der Waals surface area contributed by atoms with Crippen molar-refractivity contribution >= 4 is 35.6 Å². The van der Waals surface area contributed by atoms with Gasteiger partial charge in [0.25, 0.3) is 11.8 Å². The molecule has 0 saturated carbocycles. The number of carbonyl (C=O) groups excluding carboxylic acids is 5. The number of carbonyl (C=O) groups is 5. The summed E-state index contributed by atoms with van der Waals surface area (Å²) < 4.78 is 0. The molecule has 11 nitrogen and oxygen atoms in total. The molecule has 0 radical (unpaired) electrons. The number of nitrogens with one attached hydrogen (secondary N) is 5. The summed E-state index contributed by atoms with van der Waals surface area (Å²) in [7, 11) is 0. The second-order valence-corrected chi connectivity index (χ2v) is 8.49. The van der Waals surface area contributed by atoms with Crippen LogP contribution in [0, 0.1) is 11.3 Å². The van der Waals surface area contributed by atoms with E-state index in [2.05, 4.69) is 55.9 Å². The van der Waals surface area contributed by atoms with Crippen molar-refractivity contribution in [1.82, 2.24) is 21.3 Å². The van der Waals surface area contributed by atoms with Crippen molar-refractivity contribution in [3.8, 4) is 0 Å². The van der Waals surface area contributed by atoms with Gasteiger partial charge < -0.3 is 32.4 Å². The van der Waals surface area contributed by atoms with Crippen LogP contribution in [-0.4, -0.2) is 61.3 Å². The van der Waals surface area contributed by atoms with Crippen LogP contribution >= 0.6 is 0 Å². The Kier molecular flexibility index (Phi) is 20.2. The predicted molar refractivity (Wildman–Crippen MR) is 145 cm³/mol. The van der Waals surface area contributed by atoms with Crippen LogP contribution in [0.5, 0.6) is 0 Å². The smallest absolute Gasteiger partial charge is 0.289 e. The normalized spacial score (nSPS) is 10.8. The summed E-state index contributed by atoms with van der Waals surface area (Å²) in [5, 5.41) is 16.3. The standard InChI is InChI=1S/C19H24N6O5.C4H10.C3H8/c1-12(25-16(27)11-24-18(29)14-5-3-2-4-6-14)17(28)23-10-15(26)19(30)22-9-13(7-20)8-21;1-4(2)3;1-3-2/h2-8,12,20H,9-11,21H2,1H3,(H,22,30)(H,23,28)(H,24,29)(H,25,27);4H,1-3H3;3H2,1-2H3/b13-8+,20-7?;;. The Morgan fingerprint density at radius 2 is 1.43 bits per heavy atom. The topological polar surface area (TPSA) is 183 Å². The van der Waals surface area contributed by atoms with Gasteiger partial charge in [0.15, 0.2) is 0 Å². The van der Waals surface area contributed by atoms with Gasteiger partial charge in [-0.25, -0.2) is 0 Å². The third-order valence-electron chi connectivity index (χ3n) is 3.75. The van der Waals surface area contributed by atoms with E-state index >= 15 is 0 Å². The van der Waals surface area contributed by atoms with Gasteiger partial charge in [0.1, 0.15) is 6.04 Å². The molecule has 0 saturated heterocycles. The number of amides is 4. The molecule has 1 aromatic rings. The molecule has 0 heterocycles. The van der Waals surface area contributed by atoms with E-state index in [1.54, 1.807) is 30.3 Å². The summed E-state index contributed by atoms with van der Waals surface area (Å²) in [6.07, 6.45) is 3.30. The number of nitrogens with two attached hydrogens (primary N) is 1. The molecule has 0 aliphatic carbocycles. The van der Waals surface area contributed by atoms with Gasteiger partial charge in [0, 0.05) is 30.1 Å². The molecule has 206 valence electrons. The van der Waals surface area contributed by atoms with Gasteiger partial charge in [-0.3, -0.25) is 24.0 Å². The summed E-state index contributed by atoms with van der Waals surface area (Å²) in [4.78, 5) is 59.1. The highest BCUT2D eigenvalue weighted by Crippen LogP contribution is 1.97. The third-order valence-corrected chi connectivity index (χ3v) is 3.75. The Morgan fingerprint density at radius 1 is 0.892 bits per heavy atom. The maximum Gasteiger partial charge on any atom is 0.289 e. The first-order chi connectivity index (χ1) is 17.4. The highest BCUT2D eigenvalue weighted by Gasteiger charge is 2.19. The zero-order valence-electron chi connectivity index (χ0n) is 22.6. The fourth-order valence-electron chi connectivity index (χ4n) is 2.05. The quantitative estimate of drug-likeness (QED) is 0.189. The molecule has 1 unspecified atom stereocenters. The van der Waals surface area contributed by atoms with E-state index in [0.717, 1.165) is 18.3 Å². The molecule has 0 aliphatic rings. The van der Waals surface area contributed by atoms with Gasteiger partial charge >= 0.3 is 0 Å². The zero-order chi connectivity index (χ0) is 28.8. The van der Waals surface area contributed by atoms with E-state index in [0.29, 0.717) is 11.1 Å². The molecular formula is C26H42N6O5. The Balaban J connectivity index is 0. The van der Waals surface area contributed by atoms with E-state index in [1.807, 2.05) is 0 Å². The maximum absolute atomic E-state index is 12.0. The number of Topliss-reactive ketones (excluding diaryl/α,β-unsaturated/α-hetero) is 1. The summed E-state index contributed by atoms with van der Waals surface area (Å²) in [6.45, 7) is 11.1. The van der Waals surface area contributed by atoms with E-state index in [1.165, 1.54) is 13.3 Å². The summed E-state index contributed by atoms with van der Waals surface area (Å²) in [5.41, 5.74) is 5.91. The summed E-state index contributed by atoms with van der Waals surface area (Å²) >= 11 is 0. The van der Waals surface area contributed by atoms with Crippen LogP contribution in [-0.2, 0) is 19.2 Å². The van der Waals surface area contributed by atoms with Crippen LogP contribution in [0.3, 0.4) is 0 Å². The van der Waals surface area contributed by atoms with Crippen LogP contribution in [0.2, 0.25) is 0 Å². The minimum absolute atomic E-state index is 0.0975. The first kappa shape index (κ1) is 35.1. The lowest BCUT2D eigenvalue weighted by Gasteiger charge is -2.14. The Labute approximate surface area is 219 Å². The van der Waals surface area contributed by atoms with Crippen molar-refractivity contribution in [1.29, 1.82) is 5.41 Å². The van der Waals surface area contributed by atoms with Gasteiger partial charge in [-0.05, 0) is 25.0 Å². The molecule has 0 bridgehead atoms. The second kappa shape index (κ2) is 21.3. The van der Waals surface area contributed by atoms with Gasteiger partial charge in [-0.2, -0.15) is 0 Å². The zero-order valence-corrected chi connectivity index (χ0v) is 22.6. The maximum atomic E-state index is 12.0. The Morgan fingerprint density at radius 3 is 1.92 bits per heavy atom. The van der Waals surface area contributed by atoms with E-state index in [-0.39, 0.29) is 13.1 Å². The molecule has 37 heavy (non-hydrogen) atoms. The molecule has 0 spiro atoms. The molecular weight excluding hydrogens is 476 g/mol. The van der Waals surface area contributed by atoms with Gasteiger partial charge in [-0.15, -0.1) is 0 Å². The van der Waals surface area contributed by atoms with Crippen molar-refractivity contribution in [2.45, 2.75) is 54.0 Å². The van der Waals surface area contributed by atoms with Crippen LogP contribution < -0.4 is 27.0 Å². The minimum Gasteiger partial charge on any atom is -0.404 e. The van der Waals surface area contributed by atoms with Gasteiger partial charge in [0.2, 0.25) is 17.6 Å². The number of hydrogen-bond donors (Lipinski definition) is 6. The van der Waals surface area contributed by atoms with E-state index in [4.69, 9.17) is 11.1 Å². The minimum atomic E-state index is -0.994. The number of rotatable bonds is 11. The number of ketones is 1. The lowest BCUT2D eigenvalue weighted by Crippen LogP contribution is -2.49. The second-order valence-electron chi connectivity index (χ2n) is 8.49. The lowest BCUT2D eigenvalue weighted by molar-refractivity contribution is -0.138. The predicted octanol–water partition coefficient (Wildman–Crippen LogP) is 1.29. The largest absolute Gasteiger partial charge is 0.404 e. The van der Waals surface area contributed by atoms with Crippen LogP contribution in [0.25, 0.3) is 0 Å². The molecule has 4 amide bonds. The lowest BCUT2D eigenvalue weighted by atomic mass is 10.2. The molecule has 0 aliphatic heterocycles. The Hall–Kier alpha value is -4.02. The molecule has 7 N–H and O–H groups in total. The monoisotopic (exact) mass is 518 g/mol. The van der Waals surface area contributed by atoms with Crippen LogP contribution in [0.1, 0.15) is 58.3 Å². The number of benzene rings is 1. The highest BCUT2D eigenvalue weighted by atomic mass is 16.2. The fraction of sp³-hybridized carbons (Fsp3) is 0.462. The SMILES string of the molecule is CC(C)C.CC(NC(=O)CNC(=O)c1ccccc1)C(=O)NCC(=O)C(=O)NC/C(C=N)=C/N.CCC. The van der Waals surface area contributed by atoms with Gasteiger partial charge in [0.05, 0.1) is 13.1 Å². The molecule has 1 rings (SSSR count). The average Bonchev–Trinajstić information content (AvgIpc) is 2.86. The number of hydrogen-bond acceptors (Lipinski definition) is 7. The van der Waals surface area contributed by atoms with Crippen LogP contribution in [0.4, 0.5) is 0 Å². The van der Waals surface area contributed by atoms with Crippen molar-refractivity contribution in [2.24, 2.45) is 11.7 Å². The third kappa shape index (κ3) is 18.9. The fourth-order valence-corrected chi connectivity index (χ4v) is 2.05. The van der Waals surface area contributed by atoms with Crippen molar-refractivity contribution in [2.75, 3.05) is 19.6 Å². The van der Waals surface area contributed by atoms with Crippen LogP contribution in [0.15, 0.2) is 42.1 Å².